The molecule has 1 aromatic carbocycles. The van der Waals surface area contributed by atoms with Gasteiger partial charge < -0.3 is 15.0 Å². The zero-order valence-electron chi connectivity index (χ0n) is 11.4. The van der Waals surface area contributed by atoms with Crippen LogP contribution < -0.4 is 5.32 Å². The first-order valence-electron chi connectivity index (χ1n) is 6.62. The van der Waals surface area contributed by atoms with Crippen molar-refractivity contribution >= 4 is 17.0 Å². The van der Waals surface area contributed by atoms with Crippen LogP contribution >= 0.6 is 0 Å². The van der Waals surface area contributed by atoms with E-state index in [2.05, 4.69) is 29.1 Å². The highest BCUT2D eigenvalue weighted by Gasteiger charge is 2.03. The van der Waals surface area contributed by atoms with Gasteiger partial charge in [0, 0.05) is 19.8 Å². The number of halogens is 1. The Hall–Kier alpha value is -1.62. The Labute approximate surface area is 112 Å². The third-order valence-electron chi connectivity index (χ3n) is 2.65. The van der Waals surface area contributed by atoms with Crippen molar-refractivity contribution in [2.75, 3.05) is 25.1 Å². The van der Waals surface area contributed by atoms with Gasteiger partial charge in [0.15, 0.2) is 0 Å². The molecule has 0 spiro atoms. The number of rotatable bonds is 7. The molecule has 0 saturated heterocycles. The lowest BCUT2D eigenvalue weighted by molar-refractivity contribution is 0.110. The minimum absolute atomic E-state index is 0.259. The van der Waals surface area contributed by atoms with E-state index in [1.165, 1.54) is 12.1 Å². The van der Waals surface area contributed by atoms with Gasteiger partial charge in [0.05, 0.1) is 11.0 Å². The Morgan fingerprint density at radius 1 is 1.42 bits per heavy atom. The van der Waals surface area contributed by atoms with Crippen LogP contribution in [0.4, 0.5) is 10.3 Å². The lowest BCUT2D eigenvalue weighted by Gasteiger charge is -2.06. The molecule has 0 atom stereocenters. The molecule has 1 heterocycles. The number of ether oxygens (including phenoxy) is 1. The molecule has 0 radical (unpaired) electrons. The summed E-state index contributed by atoms with van der Waals surface area (Å²) in [6.07, 6.45) is 0.915. The van der Waals surface area contributed by atoms with Gasteiger partial charge in [-0.15, -0.1) is 0 Å². The molecular formula is C14H20FN3O. The highest BCUT2D eigenvalue weighted by Crippen LogP contribution is 2.15. The number of hydrogen-bond acceptors (Lipinski definition) is 3. The molecule has 5 heteroatoms. The maximum atomic E-state index is 13.0. The third-order valence-corrected chi connectivity index (χ3v) is 2.65. The zero-order chi connectivity index (χ0) is 13.7. The fourth-order valence-corrected chi connectivity index (χ4v) is 1.77. The lowest BCUT2D eigenvalue weighted by atomic mass is 10.2. The second-order valence-electron chi connectivity index (χ2n) is 5.00. The largest absolute Gasteiger partial charge is 0.381 e. The summed E-state index contributed by atoms with van der Waals surface area (Å²) in [6, 6.07) is 4.52. The molecule has 0 saturated carbocycles. The molecule has 0 aliphatic heterocycles. The van der Waals surface area contributed by atoms with Crippen LogP contribution in [0.5, 0.6) is 0 Å². The van der Waals surface area contributed by atoms with Crippen molar-refractivity contribution in [3.63, 3.8) is 0 Å². The van der Waals surface area contributed by atoms with Gasteiger partial charge >= 0.3 is 0 Å². The fraction of sp³-hybridized carbons (Fsp3) is 0.500. The molecule has 2 rings (SSSR count). The summed E-state index contributed by atoms with van der Waals surface area (Å²) in [4.78, 5) is 7.37. The number of hydrogen-bond donors (Lipinski definition) is 2. The molecule has 0 fully saturated rings. The summed E-state index contributed by atoms with van der Waals surface area (Å²) in [5, 5.41) is 3.17. The fourth-order valence-electron chi connectivity index (χ4n) is 1.77. The number of imidazole rings is 1. The molecule has 2 aromatic rings. The monoisotopic (exact) mass is 265 g/mol. The number of H-pyrrole nitrogens is 1. The predicted molar refractivity (Wildman–Crippen MR) is 74.8 cm³/mol. The second-order valence-corrected chi connectivity index (χ2v) is 5.00. The normalized spacial score (nSPS) is 11.4. The van der Waals surface area contributed by atoms with Crippen LogP contribution in [0.2, 0.25) is 0 Å². The molecule has 0 unspecified atom stereocenters. The van der Waals surface area contributed by atoms with Gasteiger partial charge in [-0.05, 0) is 30.5 Å². The summed E-state index contributed by atoms with van der Waals surface area (Å²) in [6.45, 7) is 6.57. The number of fused-ring (bicyclic) bond motifs is 1. The standard InChI is InChI=1S/C14H20FN3O/c1-10(2)9-19-7-3-6-16-14-17-12-5-4-11(15)8-13(12)18-14/h4-5,8,10H,3,6-7,9H2,1-2H3,(H2,16,17,18). The number of aromatic amines is 1. The molecule has 1 aromatic heterocycles. The summed E-state index contributed by atoms with van der Waals surface area (Å²) in [5.41, 5.74) is 1.47. The number of anilines is 1. The van der Waals surface area contributed by atoms with Gasteiger partial charge in [-0.1, -0.05) is 13.8 Å². The van der Waals surface area contributed by atoms with Gasteiger partial charge in [0.2, 0.25) is 5.95 Å². The van der Waals surface area contributed by atoms with Gasteiger partial charge in [0.1, 0.15) is 5.82 Å². The molecule has 0 aliphatic rings. The number of nitrogens with one attached hydrogen (secondary N) is 2. The average molecular weight is 265 g/mol. The van der Waals surface area contributed by atoms with E-state index in [4.69, 9.17) is 4.74 Å². The van der Waals surface area contributed by atoms with Gasteiger partial charge in [0.25, 0.3) is 0 Å². The Morgan fingerprint density at radius 2 is 2.26 bits per heavy atom. The van der Waals surface area contributed by atoms with E-state index < -0.39 is 0 Å². The molecule has 0 bridgehead atoms. The summed E-state index contributed by atoms with van der Waals surface area (Å²) in [5.74, 6) is 0.979. The lowest BCUT2D eigenvalue weighted by Crippen LogP contribution is -2.09. The van der Waals surface area contributed by atoms with Crippen LogP contribution in [0.15, 0.2) is 18.2 Å². The molecule has 2 N–H and O–H groups in total. The van der Waals surface area contributed by atoms with Crippen molar-refractivity contribution in [3.8, 4) is 0 Å². The van der Waals surface area contributed by atoms with Crippen molar-refractivity contribution in [2.45, 2.75) is 20.3 Å². The van der Waals surface area contributed by atoms with Crippen LogP contribution in [-0.4, -0.2) is 29.7 Å². The van der Waals surface area contributed by atoms with Crippen LogP contribution in [0, 0.1) is 11.7 Å². The van der Waals surface area contributed by atoms with Crippen molar-refractivity contribution in [1.29, 1.82) is 0 Å². The number of nitrogens with zero attached hydrogens (tertiary/aromatic N) is 1. The van der Waals surface area contributed by atoms with Gasteiger partial charge in [-0.2, -0.15) is 0 Å². The minimum Gasteiger partial charge on any atom is -0.381 e. The second kappa shape index (κ2) is 6.52. The first kappa shape index (κ1) is 13.8. The quantitative estimate of drug-likeness (QED) is 0.756. The zero-order valence-corrected chi connectivity index (χ0v) is 11.4. The summed E-state index contributed by atoms with van der Waals surface area (Å²) >= 11 is 0. The first-order valence-corrected chi connectivity index (χ1v) is 6.62. The van der Waals surface area contributed by atoms with E-state index >= 15 is 0 Å². The van der Waals surface area contributed by atoms with E-state index in [-0.39, 0.29) is 5.82 Å². The predicted octanol–water partition coefficient (Wildman–Crippen LogP) is 3.18. The average Bonchev–Trinajstić information content (AvgIpc) is 2.75. The van der Waals surface area contributed by atoms with E-state index in [0.29, 0.717) is 17.4 Å². The van der Waals surface area contributed by atoms with Crippen LogP contribution in [0.25, 0.3) is 11.0 Å². The summed E-state index contributed by atoms with van der Waals surface area (Å²) < 4.78 is 18.5. The molecule has 0 amide bonds. The first-order chi connectivity index (χ1) is 9.15. The molecule has 19 heavy (non-hydrogen) atoms. The van der Waals surface area contributed by atoms with Gasteiger partial charge in [-0.25, -0.2) is 9.37 Å². The van der Waals surface area contributed by atoms with Crippen molar-refractivity contribution in [1.82, 2.24) is 9.97 Å². The maximum absolute atomic E-state index is 13.0. The van der Waals surface area contributed by atoms with Crippen molar-refractivity contribution in [2.24, 2.45) is 5.92 Å². The SMILES string of the molecule is CC(C)COCCCNc1nc2ccc(F)cc2[nH]1. The molecule has 104 valence electrons. The smallest absolute Gasteiger partial charge is 0.201 e. The maximum Gasteiger partial charge on any atom is 0.201 e. The molecule has 0 aliphatic carbocycles. The Bertz CT molecular complexity index is 524. The highest BCUT2D eigenvalue weighted by molar-refractivity contribution is 5.77. The highest BCUT2D eigenvalue weighted by atomic mass is 19.1. The van der Waals surface area contributed by atoms with Crippen LogP contribution in [-0.2, 0) is 4.74 Å². The number of benzene rings is 1. The van der Waals surface area contributed by atoms with Crippen LogP contribution in [0.1, 0.15) is 20.3 Å². The topological polar surface area (TPSA) is 49.9 Å². The minimum atomic E-state index is -0.259. The van der Waals surface area contributed by atoms with E-state index in [9.17, 15) is 4.39 Å². The number of aromatic nitrogens is 2. The Balaban J connectivity index is 1.75. The third kappa shape index (κ3) is 4.21. The Kier molecular flexibility index (Phi) is 4.74. The molecular weight excluding hydrogens is 245 g/mol. The van der Waals surface area contributed by atoms with Crippen LogP contribution in [0.3, 0.4) is 0 Å². The molecule has 4 nitrogen and oxygen atoms in total. The Morgan fingerprint density at radius 3 is 3.05 bits per heavy atom. The van der Waals surface area contributed by atoms with E-state index in [0.717, 1.165) is 31.7 Å². The van der Waals surface area contributed by atoms with Crippen molar-refractivity contribution in [3.05, 3.63) is 24.0 Å². The van der Waals surface area contributed by atoms with Crippen molar-refractivity contribution < 1.29 is 9.13 Å². The van der Waals surface area contributed by atoms with E-state index in [1.807, 2.05) is 0 Å². The summed E-state index contributed by atoms with van der Waals surface area (Å²) in [7, 11) is 0. The van der Waals surface area contributed by atoms with E-state index in [1.54, 1.807) is 6.07 Å². The van der Waals surface area contributed by atoms with Gasteiger partial charge in [-0.3, -0.25) is 0 Å².